The molecule has 0 aliphatic rings. The summed E-state index contributed by atoms with van der Waals surface area (Å²) in [7, 11) is 0. The fraction of sp³-hybridized carbons (Fsp3) is 0.200. The van der Waals surface area contributed by atoms with Crippen molar-refractivity contribution in [1.82, 2.24) is 0 Å². The summed E-state index contributed by atoms with van der Waals surface area (Å²) in [6.07, 6.45) is -0.504. The summed E-state index contributed by atoms with van der Waals surface area (Å²) in [5, 5.41) is 17.6. The zero-order valence-electron chi connectivity index (χ0n) is 7.84. The van der Waals surface area contributed by atoms with Crippen LogP contribution in [0.1, 0.15) is 12.8 Å². The van der Waals surface area contributed by atoms with Gasteiger partial charge >= 0.3 is 11.9 Å². The van der Waals surface area contributed by atoms with Gasteiger partial charge in [0.1, 0.15) is 0 Å². The predicted molar refractivity (Wildman–Crippen MR) is 50.6 cm³/mol. The molecule has 80 valence electrons. The van der Waals surface area contributed by atoms with Crippen LogP contribution in [-0.2, 0) is 9.59 Å². The van der Waals surface area contributed by atoms with Crippen molar-refractivity contribution < 1.29 is 24.5 Å². The summed E-state index contributed by atoms with van der Waals surface area (Å²) in [5.74, 6) is -1.86. The fourth-order valence-electron chi connectivity index (χ4n) is 0.926. The lowest BCUT2D eigenvalue weighted by atomic mass is 10.3. The predicted octanol–water partition coefficient (Wildman–Crippen LogP) is 1.16. The highest BCUT2D eigenvalue weighted by molar-refractivity contribution is 5.78. The highest BCUT2D eigenvalue weighted by atomic mass is 16.5. The van der Waals surface area contributed by atoms with Gasteiger partial charge in [0.15, 0.2) is 11.5 Å². The van der Waals surface area contributed by atoms with Gasteiger partial charge < -0.3 is 14.9 Å². The van der Waals surface area contributed by atoms with Crippen molar-refractivity contribution >= 4 is 11.9 Å². The molecule has 0 saturated carbocycles. The van der Waals surface area contributed by atoms with Crippen molar-refractivity contribution in [2.45, 2.75) is 12.8 Å². The van der Waals surface area contributed by atoms with E-state index in [2.05, 4.69) is 0 Å². The lowest BCUT2D eigenvalue weighted by Gasteiger charge is -2.04. The van der Waals surface area contributed by atoms with Crippen LogP contribution in [0.2, 0.25) is 0 Å². The van der Waals surface area contributed by atoms with E-state index in [9.17, 15) is 14.7 Å². The summed E-state index contributed by atoms with van der Waals surface area (Å²) in [5.41, 5.74) is 0. The lowest BCUT2D eigenvalue weighted by molar-refractivity contribution is -0.142. The summed E-state index contributed by atoms with van der Waals surface area (Å²) in [6.45, 7) is 0. The van der Waals surface area contributed by atoms with E-state index in [1.807, 2.05) is 0 Å². The number of benzene rings is 1. The number of ether oxygens (including phenoxy) is 1. The van der Waals surface area contributed by atoms with E-state index < -0.39 is 11.9 Å². The van der Waals surface area contributed by atoms with Gasteiger partial charge in [-0.2, -0.15) is 0 Å². The molecule has 0 saturated heterocycles. The molecule has 0 radical (unpaired) electrons. The molecule has 0 aromatic heterocycles. The minimum atomic E-state index is -1.07. The van der Waals surface area contributed by atoms with Crippen LogP contribution in [0.15, 0.2) is 24.3 Å². The van der Waals surface area contributed by atoms with Gasteiger partial charge in [-0.05, 0) is 12.1 Å². The molecule has 2 N–H and O–H groups in total. The van der Waals surface area contributed by atoms with Crippen molar-refractivity contribution in [3.05, 3.63) is 24.3 Å². The summed E-state index contributed by atoms with van der Waals surface area (Å²) < 4.78 is 4.74. The molecule has 0 heterocycles. The molecule has 0 aliphatic heterocycles. The molecule has 1 rings (SSSR count). The minimum Gasteiger partial charge on any atom is -0.504 e. The molecular formula is C10H10O5. The number of hydrogen-bond donors (Lipinski definition) is 2. The third kappa shape index (κ3) is 3.68. The molecular weight excluding hydrogens is 200 g/mol. The zero-order chi connectivity index (χ0) is 11.3. The highest BCUT2D eigenvalue weighted by Crippen LogP contribution is 2.24. The SMILES string of the molecule is O=C(O)CCC(=O)Oc1ccccc1O. The van der Waals surface area contributed by atoms with Crippen LogP contribution >= 0.6 is 0 Å². The Morgan fingerprint density at radius 3 is 2.47 bits per heavy atom. The maximum Gasteiger partial charge on any atom is 0.311 e. The van der Waals surface area contributed by atoms with Crippen molar-refractivity contribution in [2.75, 3.05) is 0 Å². The smallest absolute Gasteiger partial charge is 0.311 e. The van der Waals surface area contributed by atoms with Gasteiger partial charge in [0.25, 0.3) is 0 Å². The fourth-order valence-corrected chi connectivity index (χ4v) is 0.926. The first-order chi connectivity index (χ1) is 7.09. The van der Waals surface area contributed by atoms with E-state index >= 15 is 0 Å². The van der Waals surface area contributed by atoms with Crippen molar-refractivity contribution in [3.8, 4) is 11.5 Å². The van der Waals surface area contributed by atoms with Gasteiger partial charge in [-0.3, -0.25) is 9.59 Å². The number of carbonyl (C=O) groups is 2. The first-order valence-electron chi connectivity index (χ1n) is 4.30. The first-order valence-corrected chi connectivity index (χ1v) is 4.30. The monoisotopic (exact) mass is 210 g/mol. The second-order valence-corrected chi connectivity index (χ2v) is 2.84. The molecule has 0 amide bonds. The minimum absolute atomic E-state index is 0.0351. The van der Waals surface area contributed by atoms with Gasteiger partial charge in [0.2, 0.25) is 0 Å². The Morgan fingerprint density at radius 1 is 1.20 bits per heavy atom. The summed E-state index contributed by atoms with van der Waals surface area (Å²) in [4.78, 5) is 21.2. The number of para-hydroxylation sites is 2. The molecule has 0 atom stereocenters. The summed E-state index contributed by atoms with van der Waals surface area (Å²) >= 11 is 0. The number of aliphatic carboxylic acids is 1. The largest absolute Gasteiger partial charge is 0.504 e. The molecule has 0 spiro atoms. The maximum absolute atomic E-state index is 11.1. The van der Waals surface area contributed by atoms with E-state index in [0.717, 1.165) is 0 Å². The molecule has 1 aromatic carbocycles. The third-order valence-corrected chi connectivity index (χ3v) is 1.63. The Balaban J connectivity index is 2.52. The summed E-state index contributed by atoms with van der Waals surface area (Å²) in [6, 6.07) is 5.98. The van der Waals surface area contributed by atoms with Crippen LogP contribution in [0.25, 0.3) is 0 Å². The van der Waals surface area contributed by atoms with Crippen LogP contribution in [0.5, 0.6) is 11.5 Å². The third-order valence-electron chi connectivity index (χ3n) is 1.63. The highest BCUT2D eigenvalue weighted by Gasteiger charge is 2.09. The number of aromatic hydroxyl groups is 1. The van der Waals surface area contributed by atoms with E-state index in [-0.39, 0.29) is 24.3 Å². The van der Waals surface area contributed by atoms with Gasteiger partial charge in [0.05, 0.1) is 12.8 Å². The normalized spacial score (nSPS) is 9.60. The number of phenolic OH excluding ortho intramolecular Hbond substituents is 1. The topological polar surface area (TPSA) is 83.8 Å². The molecule has 0 fully saturated rings. The van der Waals surface area contributed by atoms with Crippen LogP contribution in [-0.4, -0.2) is 22.2 Å². The van der Waals surface area contributed by atoms with Crippen molar-refractivity contribution in [1.29, 1.82) is 0 Å². The number of esters is 1. The van der Waals surface area contributed by atoms with Crippen LogP contribution in [0, 0.1) is 0 Å². The average Bonchev–Trinajstić information content (AvgIpc) is 2.18. The number of carbonyl (C=O) groups excluding carboxylic acids is 1. The number of hydrogen-bond acceptors (Lipinski definition) is 4. The Morgan fingerprint density at radius 2 is 1.87 bits per heavy atom. The van der Waals surface area contributed by atoms with E-state index in [1.165, 1.54) is 12.1 Å². The molecule has 0 unspecified atom stereocenters. The second-order valence-electron chi connectivity index (χ2n) is 2.84. The Bertz CT molecular complexity index is 372. The van der Waals surface area contributed by atoms with E-state index in [1.54, 1.807) is 12.1 Å². The lowest BCUT2D eigenvalue weighted by Crippen LogP contribution is -2.10. The van der Waals surface area contributed by atoms with Gasteiger partial charge in [-0.15, -0.1) is 0 Å². The van der Waals surface area contributed by atoms with E-state index in [4.69, 9.17) is 9.84 Å². The van der Waals surface area contributed by atoms with Crippen LogP contribution in [0.4, 0.5) is 0 Å². The number of carboxylic acids is 1. The van der Waals surface area contributed by atoms with Crippen LogP contribution in [0.3, 0.4) is 0 Å². The second kappa shape index (κ2) is 4.99. The standard InChI is InChI=1S/C10H10O5/c11-7-3-1-2-4-8(7)15-10(14)6-5-9(12)13/h1-4,11H,5-6H2,(H,12,13). The first kappa shape index (κ1) is 11.0. The molecule has 1 aromatic rings. The van der Waals surface area contributed by atoms with Crippen molar-refractivity contribution in [3.63, 3.8) is 0 Å². The molecule has 0 bridgehead atoms. The quantitative estimate of drug-likeness (QED) is 0.575. The number of phenols is 1. The maximum atomic E-state index is 11.1. The van der Waals surface area contributed by atoms with Crippen LogP contribution < -0.4 is 4.74 Å². The number of carboxylic acid groups (broad SMARTS) is 1. The van der Waals surface area contributed by atoms with Crippen molar-refractivity contribution in [2.24, 2.45) is 0 Å². The Labute approximate surface area is 85.9 Å². The van der Waals surface area contributed by atoms with Gasteiger partial charge in [0, 0.05) is 0 Å². The molecule has 15 heavy (non-hydrogen) atoms. The molecule has 5 nitrogen and oxygen atoms in total. The molecule has 0 aliphatic carbocycles. The molecule has 5 heteroatoms. The Hall–Kier alpha value is -2.04. The Kier molecular flexibility index (Phi) is 3.68. The zero-order valence-corrected chi connectivity index (χ0v) is 7.84. The van der Waals surface area contributed by atoms with Gasteiger partial charge in [-0.1, -0.05) is 12.1 Å². The average molecular weight is 210 g/mol. The van der Waals surface area contributed by atoms with Gasteiger partial charge in [-0.25, -0.2) is 0 Å². The number of rotatable bonds is 4. The van der Waals surface area contributed by atoms with E-state index in [0.29, 0.717) is 0 Å².